The number of carbonyl (C=O) groups excluding carboxylic acids is 3. The number of hydrogen-bond donors (Lipinski definition) is 0. The predicted molar refractivity (Wildman–Crippen MR) is 274 cm³/mol. The Kier molecular flexibility index (Phi) is 49.0. The van der Waals surface area contributed by atoms with E-state index in [-0.39, 0.29) is 44.0 Å². The van der Waals surface area contributed by atoms with Crippen LogP contribution in [-0.2, 0) is 28.6 Å². The molecule has 364 valence electrons. The Morgan fingerprint density at radius 3 is 1.05 bits per heavy atom. The summed E-state index contributed by atoms with van der Waals surface area (Å²) in [4.78, 5) is 38.0. The zero-order valence-electron chi connectivity index (χ0n) is 41.5. The zero-order chi connectivity index (χ0) is 46.5. The molecule has 0 amide bonds. The molecule has 0 saturated heterocycles. The van der Waals surface area contributed by atoms with Crippen molar-refractivity contribution in [3.8, 4) is 0 Å². The predicted octanol–water partition coefficient (Wildman–Crippen LogP) is 17.4. The van der Waals surface area contributed by atoms with E-state index in [2.05, 4.69) is 118 Å². The number of carbonyl (C=O) groups is 3. The number of esters is 3. The van der Waals surface area contributed by atoms with Gasteiger partial charge in [0.1, 0.15) is 13.2 Å². The molecule has 0 rings (SSSR count). The molecule has 0 aromatic carbocycles. The third kappa shape index (κ3) is 49.3. The SMILES string of the molecule is CC/C=C\C/C=C\C/C=C\C/C=C\C/C=C\CCCC(=O)OC[C@@H](COC(=O)CCCCCCCCCCCCCC)OC(=O)CCCCCC/C=C\C/C=C\C/C=C\CCCCC. The first-order valence-corrected chi connectivity index (χ1v) is 26.2. The van der Waals surface area contributed by atoms with Crippen LogP contribution in [0.25, 0.3) is 0 Å². The van der Waals surface area contributed by atoms with Gasteiger partial charge in [-0.1, -0.05) is 214 Å². The van der Waals surface area contributed by atoms with E-state index in [4.69, 9.17) is 14.2 Å². The first-order chi connectivity index (χ1) is 31.5. The molecule has 1 atom stereocenters. The maximum Gasteiger partial charge on any atom is 0.306 e. The molecule has 0 spiro atoms. The van der Waals surface area contributed by atoms with Gasteiger partial charge < -0.3 is 14.2 Å². The standard InChI is InChI=1S/C58H96O6/c1-4-7-10-13-16-19-22-25-27-29-31-33-36-39-42-45-48-51-57(60)63-54-55(53-62-56(59)50-47-44-41-38-35-24-21-18-15-12-9-6-3)64-58(61)52-49-46-43-40-37-34-32-30-28-26-23-20-17-14-11-8-5-2/h7,10,16-17,19-20,25-28,31-34,39,42,55H,4-6,8-9,11-15,18,21-24,29-30,35-38,40-41,43-54H2,1-3H3/b10-7-,19-16-,20-17-,27-25-,28-26-,33-31-,34-32-,42-39-/t55-/m1/s1. The average Bonchev–Trinajstić information content (AvgIpc) is 3.29. The van der Waals surface area contributed by atoms with Gasteiger partial charge in [-0.15, -0.1) is 0 Å². The van der Waals surface area contributed by atoms with Crippen molar-refractivity contribution in [2.75, 3.05) is 13.2 Å². The highest BCUT2D eigenvalue weighted by molar-refractivity contribution is 5.71. The third-order valence-corrected chi connectivity index (χ3v) is 10.8. The van der Waals surface area contributed by atoms with E-state index in [0.29, 0.717) is 12.8 Å². The summed E-state index contributed by atoms with van der Waals surface area (Å²) in [5.74, 6) is -0.988. The van der Waals surface area contributed by atoms with Gasteiger partial charge in [-0.25, -0.2) is 0 Å². The summed E-state index contributed by atoms with van der Waals surface area (Å²) in [7, 11) is 0. The van der Waals surface area contributed by atoms with Crippen molar-refractivity contribution in [2.45, 2.75) is 239 Å². The van der Waals surface area contributed by atoms with Crippen molar-refractivity contribution in [3.05, 3.63) is 97.2 Å². The van der Waals surface area contributed by atoms with Crippen molar-refractivity contribution in [1.82, 2.24) is 0 Å². The molecule has 6 nitrogen and oxygen atoms in total. The maximum absolute atomic E-state index is 12.8. The van der Waals surface area contributed by atoms with Crippen molar-refractivity contribution in [3.63, 3.8) is 0 Å². The minimum atomic E-state index is -0.811. The van der Waals surface area contributed by atoms with E-state index in [9.17, 15) is 14.4 Å². The minimum absolute atomic E-state index is 0.104. The Morgan fingerprint density at radius 1 is 0.328 bits per heavy atom. The second kappa shape index (κ2) is 52.0. The summed E-state index contributed by atoms with van der Waals surface area (Å²) in [5.41, 5.74) is 0. The lowest BCUT2D eigenvalue weighted by Gasteiger charge is -2.18. The van der Waals surface area contributed by atoms with Crippen molar-refractivity contribution < 1.29 is 28.6 Å². The summed E-state index contributed by atoms with van der Waals surface area (Å²) in [6.45, 7) is 6.42. The zero-order valence-corrected chi connectivity index (χ0v) is 41.5. The van der Waals surface area contributed by atoms with Crippen LogP contribution < -0.4 is 0 Å². The first-order valence-electron chi connectivity index (χ1n) is 26.2. The molecule has 0 N–H and O–H groups in total. The topological polar surface area (TPSA) is 78.9 Å². The molecule has 0 fully saturated rings. The molecule has 6 heteroatoms. The fourth-order valence-corrected chi connectivity index (χ4v) is 6.90. The normalized spacial score (nSPS) is 12.9. The molecule has 0 aliphatic heterocycles. The van der Waals surface area contributed by atoms with Crippen LogP contribution in [0.15, 0.2) is 97.2 Å². The number of rotatable bonds is 46. The quantitative estimate of drug-likeness (QED) is 0.0262. The van der Waals surface area contributed by atoms with Gasteiger partial charge in [0.15, 0.2) is 6.10 Å². The Balaban J connectivity index is 4.52. The molecule has 0 aromatic heterocycles. The van der Waals surface area contributed by atoms with E-state index in [1.165, 1.54) is 83.5 Å². The number of unbranched alkanes of at least 4 members (excludes halogenated alkanes) is 19. The van der Waals surface area contributed by atoms with Crippen molar-refractivity contribution in [2.24, 2.45) is 0 Å². The highest BCUT2D eigenvalue weighted by atomic mass is 16.6. The van der Waals surface area contributed by atoms with Crippen molar-refractivity contribution >= 4 is 17.9 Å². The van der Waals surface area contributed by atoms with E-state index in [0.717, 1.165) is 103 Å². The van der Waals surface area contributed by atoms with Crippen molar-refractivity contribution in [1.29, 1.82) is 0 Å². The van der Waals surface area contributed by atoms with Gasteiger partial charge in [0.2, 0.25) is 0 Å². The van der Waals surface area contributed by atoms with E-state index < -0.39 is 6.10 Å². The summed E-state index contributed by atoms with van der Waals surface area (Å²) in [5, 5.41) is 0. The fourth-order valence-electron chi connectivity index (χ4n) is 6.90. The van der Waals surface area contributed by atoms with E-state index in [1.54, 1.807) is 0 Å². The molecule has 64 heavy (non-hydrogen) atoms. The second-order valence-electron chi connectivity index (χ2n) is 17.1. The fraction of sp³-hybridized carbons (Fsp3) is 0.672. The maximum atomic E-state index is 12.8. The van der Waals surface area contributed by atoms with Gasteiger partial charge in [-0.3, -0.25) is 14.4 Å². The summed E-state index contributed by atoms with van der Waals surface area (Å²) in [6.07, 6.45) is 68.2. The molecule has 0 aromatic rings. The second-order valence-corrected chi connectivity index (χ2v) is 17.1. The third-order valence-electron chi connectivity index (χ3n) is 10.8. The van der Waals surface area contributed by atoms with Crippen LogP contribution in [0, 0.1) is 0 Å². The molecular weight excluding hydrogens is 793 g/mol. The summed E-state index contributed by atoms with van der Waals surface area (Å²) >= 11 is 0. The molecular formula is C58H96O6. The van der Waals surface area contributed by atoms with E-state index >= 15 is 0 Å². The lowest BCUT2D eigenvalue weighted by Crippen LogP contribution is -2.30. The smallest absolute Gasteiger partial charge is 0.306 e. The largest absolute Gasteiger partial charge is 0.462 e. The van der Waals surface area contributed by atoms with Gasteiger partial charge in [0.25, 0.3) is 0 Å². The highest BCUT2D eigenvalue weighted by Gasteiger charge is 2.19. The van der Waals surface area contributed by atoms with Crippen LogP contribution in [-0.4, -0.2) is 37.2 Å². The molecule has 0 bridgehead atoms. The van der Waals surface area contributed by atoms with Crippen LogP contribution in [0.4, 0.5) is 0 Å². The van der Waals surface area contributed by atoms with Crippen LogP contribution in [0.1, 0.15) is 233 Å². The van der Waals surface area contributed by atoms with Gasteiger partial charge in [0.05, 0.1) is 0 Å². The minimum Gasteiger partial charge on any atom is -0.462 e. The van der Waals surface area contributed by atoms with Gasteiger partial charge in [-0.05, 0) is 96.3 Å². The summed E-state index contributed by atoms with van der Waals surface area (Å²) in [6, 6.07) is 0. The summed E-state index contributed by atoms with van der Waals surface area (Å²) < 4.78 is 16.7. The van der Waals surface area contributed by atoms with Gasteiger partial charge in [0, 0.05) is 19.3 Å². The molecule has 0 radical (unpaired) electrons. The van der Waals surface area contributed by atoms with Crippen LogP contribution in [0.5, 0.6) is 0 Å². The van der Waals surface area contributed by atoms with E-state index in [1.807, 2.05) is 0 Å². The lowest BCUT2D eigenvalue weighted by atomic mass is 10.0. The van der Waals surface area contributed by atoms with Crippen LogP contribution in [0.2, 0.25) is 0 Å². The monoisotopic (exact) mass is 889 g/mol. The van der Waals surface area contributed by atoms with Gasteiger partial charge in [-0.2, -0.15) is 0 Å². The Labute approximate surface area is 394 Å². The van der Waals surface area contributed by atoms with Crippen LogP contribution >= 0.6 is 0 Å². The number of ether oxygens (including phenoxy) is 3. The van der Waals surface area contributed by atoms with Crippen LogP contribution in [0.3, 0.4) is 0 Å². The first kappa shape index (κ1) is 60.3. The number of hydrogen-bond acceptors (Lipinski definition) is 6. The molecule has 0 heterocycles. The molecule has 0 saturated carbocycles. The molecule has 0 aliphatic carbocycles. The highest BCUT2D eigenvalue weighted by Crippen LogP contribution is 2.14. The number of allylic oxidation sites excluding steroid dienone is 16. The van der Waals surface area contributed by atoms with Gasteiger partial charge >= 0.3 is 17.9 Å². The molecule has 0 aliphatic rings. The average molecular weight is 889 g/mol. The Morgan fingerprint density at radius 2 is 0.625 bits per heavy atom. The Bertz CT molecular complexity index is 1300. The lowest BCUT2D eigenvalue weighted by molar-refractivity contribution is -0.167. The molecule has 0 unspecified atom stereocenters. The Hall–Kier alpha value is -3.67.